The zero-order valence-electron chi connectivity index (χ0n) is 11.5. The van der Waals surface area contributed by atoms with E-state index in [-0.39, 0.29) is 0 Å². The molecule has 0 amide bonds. The molecule has 1 N–H and O–H groups in total. The summed E-state index contributed by atoms with van der Waals surface area (Å²) in [4.78, 5) is 5.26. The van der Waals surface area contributed by atoms with Crippen molar-refractivity contribution in [3.63, 3.8) is 0 Å². The second-order valence-corrected chi connectivity index (χ2v) is 5.62. The first-order valence-electron chi connectivity index (χ1n) is 7.56. The normalized spacial score (nSPS) is 27.7. The number of piperazine rings is 1. The van der Waals surface area contributed by atoms with Crippen LogP contribution >= 0.6 is 0 Å². The van der Waals surface area contributed by atoms with Gasteiger partial charge in [-0.05, 0) is 51.7 Å². The summed E-state index contributed by atoms with van der Waals surface area (Å²) >= 11 is 0. The third-order valence-corrected chi connectivity index (χ3v) is 4.19. The van der Waals surface area contributed by atoms with Gasteiger partial charge in [0.15, 0.2) is 0 Å². The highest BCUT2D eigenvalue weighted by atomic mass is 15.3. The van der Waals surface area contributed by atoms with Gasteiger partial charge in [-0.1, -0.05) is 6.92 Å². The number of rotatable bonds is 6. The molecule has 2 aliphatic rings. The lowest BCUT2D eigenvalue weighted by Crippen LogP contribution is -2.46. The summed E-state index contributed by atoms with van der Waals surface area (Å²) in [6, 6.07) is 0.830. The first-order valence-corrected chi connectivity index (χ1v) is 7.56. The summed E-state index contributed by atoms with van der Waals surface area (Å²) < 4.78 is 0. The van der Waals surface area contributed by atoms with E-state index >= 15 is 0 Å². The molecule has 2 heterocycles. The molecule has 0 aromatic rings. The number of hydrogen-bond acceptors (Lipinski definition) is 3. The fourth-order valence-corrected chi connectivity index (χ4v) is 3.12. The fraction of sp³-hybridized carbons (Fsp3) is 1.00. The van der Waals surface area contributed by atoms with Gasteiger partial charge in [-0.15, -0.1) is 0 Å². The van der Waals surface area contributed by atoms with Gasteiger partial charge >= 0.3 is 0 Å². The molecule has 0 radical (unpaired) electrons. The highest BCUT2D eigenvalue weighted by molar-refractivity contribution is 4.76. The van der Waals surface area contributed by atoms with Crippen molar-refractivity contribution in [2.45, 2.75) is 45.1 Å². The average Bonchev–Trinajstić information content (AvgIpc) is 2.85. The quantitative estimate of drug-likeness (QED) is 0.758. The fourth-order valence-electron chi connectivity index (χ4n) is 3.12. The molecule has 2 saturated heterocycles. The predicted octanol–water partition coefficient (Wildman–Crippen LogP) is 1.55. The van der Waals surface area contributed by atoms with E-state index < -0.39 is 0 Å². The van der Waals surface area contributed by atoms with Crippen LogP contribution in [0.1, 0.15) is 39.0 Å². The Morgan fingerprint density at radius 3 is 2.35 bits per heavy atom. The number of nitrogens with zero attached hydrogens (tertiary/aromatic N) is 2. The molecular weight excluding hydrogens is 210 g/mol. The van der Waals surface area contributed by atoms with Crippen LogP contribution in [0.4, 0.5) is 0 Å². The monoisotopic (exact) mass is 239 g/mol. The van der Waals surface area contributed by atoms with Gasteiger partial charge in [-0.2, -0.15) is 0 Å². The van der Waals surface area contributed by atoms with E-state index in [2.05, 4.69) is 22.0 Å². The minimum Gasteiger partial charge on any atom is -0.314 e. The topological polar surface area (TPSA) is 18.5 Å². The van der Waals surface area contributed by atoms with E-state index in [1.807, 2.05) is 0 Å². The minimum atomic E-state index is 0.830. The third-order valence-electron chi connectivity index (χ3n) is 4.19. The third kappa shape index (κ3) is 4.57. The van der Waals surface area contributed by atoms with Crippen LogP contribution in [0.2, 0.25) is 0 Å². The Morgan fingerprint density at radius 1 is 1.06 bits per heavy atom. The predicted molar refractivity (Wildman–Crippen MR) is 73.4 cm³/mol. The van der Waals surface area contributed by atoms with Crippen LogP contribution in [-0.2, 0) is 0 Å². The van der Waals surface area contributed by atoms with E-state index in [1.165, 1.54) is 77.9 Å². The second kappa shape index (κ2) is 7.34. The Hall–Kier alpha value is -0.120. The minimum absolute atomic E-state index is 0.830. The van der Waals surface area contributed by atoms with Gasteiger partial charge in [0.2, 0.25) is 0 Å². The highest BCUT2D eigenvalue weighted by Gasteiger charge is 2.17. The molecule has 0 aromatic heterocycles. The van der Waals surface area contributed by atoms with Gasteiger partial charge in [0, 0.05) is 32.2 Å². The number of hydrogen-bond donors (Lipinski definition) is 1. The zero-order chi connectivity index (χ0) is 11.9. The van der Waals surface area contributed by atoms with Crippen molar-refractivity contribution >= 4 is 0 Å². The van der Waals surface area contributed by atoms with Crippen molar-refractivity contribution in [3.8, 4) is 0 Å². The van der Waals surface area contributed by atoms with Crippen molar-refractivity contribution in [1.82, 2.24) is 15.1 Å². The standard InChI is InChI=1S/C14H29N3/c1-2-8-16-10-12-17(13-11-16)9-4-6-14-5-3-7-15-14/h14-15H,2-13H2,1H3. The molecule has 100 valence electrons. The second-order valence-electron chi connectivity index (χ2n) is 5.62. The lowest BCUT2D eigenvalue weighted by atomic mass is 10.1. The molecule has 0 aromatic carbocycles. The van der Waals surface area contributed by atoms with Gasteiger partial charge in [0.1, 0.15) is 0 Å². The van der Waals surface area contributed by atoms with Crippen LogP contribution in [0.3, 0.4) is 0 Å². The molecule has 0 saturated carbocycles. The van der Waals surface area contributed by atoms with E-state index in [1.54, 1.807) is 0 Å². The molecular formula is C14H29N3. The van der Waals surface area contributed by atoms with Crippen molar-refractivity contribution < 1.29 is 0 Å². The Labute approximate surface area is 107 Å². The first-order chi connectivity index (χ1) is 8.38. The van der Waals surface area contributed by atoms with Crippen LogP contribution in [0.25, 0.3) is 0 Å². The van der Waals surface area contributed by atoms with Gasteiger partial charge in [0.25, 0.3) is 0 Å². The maximum absolute atomic E-state index is 3.59. The van der Waals surface area contributed by atoms with Crippen molar-refractivity contribution in [3.05, 3.63) is 0 Å². The summed E-state index contributed by atoms with van der Waals surface area (Å²) in [6.45, 7) is 11.3. The molecule has 17 heavy (non-hydrogen) atoms. The maximum Gasteiger partial charge on any atom is 0.0110 e. The zero-order valence-corrected chi connectivity index (χ0v) is 11.5. The van der Waals surface area contributed by atoms with Gasteiger partial charge in [-0.25, -0.2) is 0 Å². The molecule has 2 fully saturated rings. The first kappa shape index (κ1) is 13.3. The maximum atomic E-state index is 3.59. The highest BCUT2D eigenvalue weighted by Crippen LogP contribution is 2.11. The Bertz CT molecular complexity index is 194. The van der Waals surface area contributed by atoms with E-state index in [0.717, 1.165) is 6.04 Å². The van der Waals surface area contributed by atoms with Crippen LogP contribution in [-0.4, -0.2) is 61.7 Å². The van der Waals surface area contributed by atoms with Crippen molar-refractivity contribution in [1.29, 1.82) is 0 Å². The summed E-state index contributed by atoms with van der Waals surface area (Å²) in [5.74, 6) is 0. The van der Waals surface area contributed by atoms with Gasteiger partial charge < -0.3 is 15.1 Å². The number of nitrogens with one attached hydrogen (secondary N) is 1. The molecule has 1 atom stereocenters. The van der Waals surface area contributed by atoms with E-state index in [0.29, 0.717) is 0 Å². The molecule has 0 aliphatic carbocycles. The lowest BCUT2D eigenvalue weighted by molar-refractivity contribution is 0.130. The lowest BCUT2D eigenvalue weighted by Gasteiger charge is -2.34. The molecule has 2 aliphatic heterocycles. The van der Waals surface area contributed by atoms with Gasteiger partial charge in [0.05, 0.1) is 0 Å². The smallest absolute Gasteiger partial charge is 0.0110 e. The van der Waals surface area contributed by atoms with E-state index in [9.17, 15) is 0 Å². The van der Waals surface area contributed by atoms with Crippen LogP contribution in [0, 0.1) is 0 Å². The molecule has 0 bridgehead atoms. The molecule has 3 heteroatoms. The van der Waals surface area contributed by atoms with Crippen molar-refractivity contribution in [2.75, 3.05) is 45.8 Å². The summed E-state index contributed by atoms with van der Waals surface area (Å²) in [7, 11) is 0. The SMILES string of the molecule is CCCN1CCN(CCCC2CCCN2)CC1. The largest absolute Gasteiger partial charge is 0.314 e. The summed E-state index contributed by atoms with van der Waals surface area (Å²) in [6.07, 6.45) is 6.86. The Balaban J connectivity index is 1.52. The Morgan fingerprint density at radius 2 is 1.76 bits per heavy atom. The van der Waals surface area contributed by atoms with Crippen LogP contribution in [0.15, 0.2) is 0 Å². The Kier molecular flexibility index (Phi) is 5.75. The molecule has 2 rings (SSSR count). The summed E-state index contributed by atoms with van der Waals surface area (Å²) in [5.41, 5.74) is 0. The van der Waals surface area contributed by atoms with Crippen LogP contribution < -0.4 is 5.32 Å². The molecule has 3 nitrogen and oxygen atoms in total. The summed E-state index contributed by atoms with van der Waals surface area (Å²) in [5, 5.41) is 3.59. The average molecular weight is 239 g/mol. The van der Waals surface area contributed by atoms with Crippen molar-refractivity contribution in [2.24, 2.45) is 0 Å². The molecule has 1 unspecified atom stereocenters. The van der Waals surface area contributed by atoms with E-state index in [4.69, 9.17) is 0 Å². The molecule has 0 spiro atoms. The van der Waals surface area contributed by atoms with Gasteiger partial charge in [-0.3, -0.25) is 0 Å². The van der Waals surface area contributed by atoms with Crippen LogP contribution in [0.5, 0.6) is 0 Å².